The Hall–Kier alpha value is -3.14. The van der Waals surface area contributed by atoms with Crippen molar-refractivity contribution in [1.82, 2.24) is 0 Å². The second-order valence-corrected chi connectivity index (χ2v) is 5.36. The van der Waals surface area contributed by atoms with Crippen LogP contribution >= 0.6 is 0 Å². The second-order valence-electron chi connectivity index (χ2n) is 5.36. The molecule has 4 nitrogen and oxygen atoms in total. The van der Waals surface area contributed by atoms with Crippen LogP contribution in [0, 0.1) is 0 Å². The van der Waals surface area contributed by atoms with Crippen LogP contribution in [0.4, 0.5) is 0 Å². The van der Waals surface area contributed by atoms with E-state index in [2.05, 4.69) is 4.74 Å². The van der Waals surface area contributed by atoms with Gasteiger partial charge < -0.3 is 9.47 Å². The lowest BCUT2D eigenvalue weighted by molar-refractivity contribution is -0.136. The van der Waals surface area contributed by atoms with E-state index in [1.165, 1.54) is 26.4 Å². The third-order valence-corrected chi connectivity index (χ3v) is 3.50. The van der Waals surface area contributed by atoms with Gasteiger partial charge in [0.25, 0.3) is 0 Å². The maximum absolute atomic E-state index is 11.0. The van der Waals surface area contributed by atoms with Gasteiger partial charge in [0.15, 0.2) is 0 Å². The van der Waals surface area contributed by atoms with Crippen molar-refractivity contribution in [3.8, 4) is 11.1 Å². The molecule has 0 aliphatic rings. The predicted molar refractivity (Wildman–Crippen MR) is 97.5 cm³/mol. The summed E-state index contributed by atoms with van der Waals surface area (Å²) >= 11 is 0. The number of esters is 2. The molecule has 0 radical (unpaired) electrons. The molecule has 0 spiro atoms. The fraction of sp³-hybridized carbons (Fsp3) is 0.143. The first-order chi connectivity index (χ1) is 12.1. The van der Waals surface area contributed by atoms with E-state index in [0.29, 0.717) is 6.42 Å². The largest absolute Gasteiger partial charge is 0.466 e. The normalized spacial score (nSPS) is 11.0. The first kappa shape index (κ1) is 18.2. The van der Waals surface area contributed by atoms with Crippen molar-refractivity contribution in [2.24, 2.45) is 0 Å². The van der Waals surface area contributed by atoms with Gasteiger partial charge in [-0.15, -0.1) is 0 Å². The fourth-order valence-corrected chi connectivity index (χ4v) is 2.19. The molecule has 0 fully saturated rings. The Morgan fingerprint density at radius 1 is 0.960 bits per heavy atom. The highest BCUT2D eigenvalue weighted by molar-refractivity contribution is 5.81. The molecule has 2 rings (SSSR count). The third kappa shape index (κ3) is 6.11. The van der Waals surface area contributed by atoms with Crippen LogP contribution in [0.1, 0.15) is 18.1 Å². The van der Waals surface area contributed by atoms with Crippen molar-refractivity contribution in [2.75, 3.05) is 7.11 Å². The van der Waals surface area contributed by atoms with Crippen LogP contribution in [-0.2, 0) is 25.5 Å². The molecule has 25 heavy (non-hydrogen) atoms. The highest BCUT2D eigenvalue weighted by Crippen LogP contribution is 2.21. The summed E-state index contributed by atoms with van der Waals surface area (Å²) in [4.78, 5) is 21.7. The fourth-order valence-electron chi connectivity index (χ4n) is 2.19. The van der Waals surface area contributed by atoms with Gasteiger partial charge in [-0.25, -0.2) is 4.79 Å². The van der Waals surface area contributed by atoms with Gasteiger partial charge in [0.2, 0.25) is 0 Å². The van der Waals surface area contributed by atoms with E-state index in [9.17, 15) is 9.59 Å². The summed E-state index contributed by atoms with van der Waals surface area (Å²) in [7, 11) is 1.36. The molecule has 0 unspecified atom stereocenters. The van der Waals surface area contributed by atoms with Crippen molar-refractivity contribution in [3.63, 3.8) is 0 Å². The Bertz CT molecular complexity index is 769. The molecule has 2 aromatic rings. The van der Waals surface area contributed by atoms with Gasteiger partial charge in [-0.2, -0.15) is 0 Å². The van der Waals surface area contributed by atoms with Gasteiger partial charge >= 0.3 is 11.9 Å². The molecule has 0 amide bonds. The molecule has 0 saturated heterocycles. The van der Waals surface area contributed by atoms with E-state index in [1.54, 1.807) is 12.2 Å². The number of methoxy groups -OCH3 is 1. The number of carbonyl (C=O) groups is 2. The summed E-state index contributed by atoms with van der Waals surface area (Å²) < 4.78 is 9.33. The van der Waals surface area contributed by atoms with Crippen molar-refractivity contribution in [1.29, 1.82) is 0 Å². The lowest BCUT2D eigenvalue weighted by atomic mass is 10.0. The quantitative estimate of drug-likeness (QED) is 0.451. The van der Waals surface area contributed by atoms with Gasteiger partial charge in [-0.1, -0.05) is 54.6 Å². The van der Waals surface area contributed by atoms with Gasteiger partial charge in [0.05, 0.1) is 13.4 Å². The van der Waals surface area contributed by atoms with Crippen molar-refractivity contribution >= 4 is 18.0 Å². The van der Waals surface area contributed by atoms with Crippen LogP contribution in [0.25, 0.3) is 17.2 Å². The standard InChI is InChI=1S/C21H20O4/c1-16(22)25-15-14-18-8-12-20(13-9-18)19-10-6-17(7-11-19)4-3-5-21(23)24-2/h3,5-15H,4H2,1-2H3/b5-3+,15-14?. The van der Waals surface area contributed by atoms with Gasteiger partial charge in [0, 0.05) is 13.0 Å². The maximum Gasteiger partial charge on any atom is 0.330 e. The lowest BCUT2D eigenvalue weighted by Gasteiger charge is -2.04. The summed E-state index contributed by atoms with van der Waals surface area (Å²) in [5, 5.41) is 0. The Morgan fingerprint density at radius 3 is 2.12 bits per heavy atom. The van der Waals surface area contributed by atoms with Gasteiger partial charge in [-0.3, -0.25) is 4.79 Å². The second kappa shape index (κ2) is 9.23. The van der Waals surface area contributed by atoms with E-state index < -0.39 is 0 Å². The average Bonchev–Trinajstić information content (AvgIpc) is 2.62. The minimum absolute atomic E-state index is 0.339. The Balaban J connectivity index is 1.99. The van der Waals surface area contributed by atoms with Crippen LogP contribution in [0.2, 0.25) is 0 Å². The van der Waals surface area contributed by atoms with Crippen LogP contribution in [0.15, 0.2) is 66.9 Å². The number of hydrogen-bond acceptors (Lipinski definition) is 4. The number of rotatable bonds is 6. The number of benzene rings is 2. The zero-order chi connectivity index (χ0) is 18.1. The van der Waals surface area contributed by atoms with Crippen LogP contribution in [0.5, 0.6) is 0 Å². The molecule has 0 aliphatic carbocycles. The number of carbonyl (C=O) groups excluding carboxylic acids is 2. The molecule has 0 heterocycles. The molecule has 0 bridgehead atoms. The average molecular weight is 336 g/mol. The van der Waals surface area contributed by atoms with Crippen LogP contribution < -0.4 is 0 Å². The molecular formula is C21H20O4. The van der Waals surface area contributed by atoms with E-state index in [0.717, 1.165) is 22.3 Å². The van der Waals surface area contributed by atoms with E-state index in [1.807, 2.05) is 48.5 Å². The molecular weight excluding hydrogens is 316 g/mol. The monoisotopic (exact) mass is 336 g/mol. The van der Waals surface area contributed by atoms with E-state index in [4.69, 9.17) is 4.74 Å². The van der Waals surface area contributed by atoms with Gasteiger partial charge in [0.1, 0.15) is 0 Å². The smallest absolute Gasteiger partial charge is 0.330 e. The maximum atomic E-state index is 11.0. The van der Waals surface area contributed by atoms with Gasteiger partial charge in [-0.05, 0) is 34.8 Å². The Morgan fingerprint density at radius 2 is 1.56 bits per heavy atom. The summed E-state index contributed by atoms with van der Waals surface area (Å²) in [5.41, 5.74) is 4.27. The van der Waals surface area contributed by atoms with Crippen molar-refractivity contribution in [2.45, 2.75) is 13.3 Å². The predicted octanol–water partition coefficient (Wildman–Crippen LogP) is 4.16. The van der Waals surface area contributed by atoms with E-state index in [-0.39, 0.29) is 11.9 Å². The number of allylic oxidation sites excluding steroid dienone is 1. The first-order valence-electron chi connectivity index (χ1n) is 7.86. The Labute approximate surface area is 147 Å². The highest BCUT2D eigenvalue weighted by Gasteiger charge is 1.99. The Kier molecular flexibility index (Phi) is 6.72. The summed E-state index contributed by atoms with van der Waals surface area (Å²) in [6.07, 6.45) is 7.01. The zero-order valence-corrected chi connectivity index (χ0v) is 14.3. The van der Waals surface area contributed by atoms with Crippen molar-refractivity contribution < 1.29 is 19.1 Å². The van der Waals surface area contributed by atoms with Crippen molar-refractivity contribution in [3.05, 3.63) is 78.1 Å². The minimum Gasteiger partial charge on any atom is -0.466 e. The molecule has 0 N–H and O–H groups in total. The molecule has 128 valence electrons. The van der Waals surface area contributed by atoms with Crippen LogP contribution in [-0.4, -0.2) is 19.0 Å². The molecule has 0 aliphatic heterocycles. The topological polar surface area (TPSA) is 52.6 Å². The summed E-state index contributed by atoms with van der Waals surface area (Å²) in [5.74, 6) is -0.686. The van der Waals surface area contributed by atoms with Crippen LogP contribution in [0.3, 0.4) is 0 Å². The zero-order valence-electron chi connectivity index (χ0n) is 14.3. The molecule has 0 saturated carbocycles. The van der Waals surface area contributed by atoms with E-state index >= 15 is 0 Å². The summed E-state index contributed by atoms with van der Waals surface area (Å²) in [6, 6.07) is 16.1. The highest BCUT2D eigenvalue weighted by atomic mass is 16.5. The molecule has 4 heteroatoms. The minimum atomic E-state index is -0.348. The SMILES string of the molecule is COC(=O)/C=C/Cc1ccc(-c2ccc(C=COC(C)=O)cc2)cc1. The first-order valence-corrected chi connectivity index (χ1v) is 7.86. The number of hydrogen-bond donors (Lipinski definition) is 0. The molecule has 0 aromatic heterocycles. The summed E-state index contributed by atoms with van der Waals surface area (Å²) in [6.45, 7) is 1.36. The molecule has 2 aromatic carbocycles. The third-order valence-electron chi connectivity index (χ3n) is 3.50. The lowest BCUT2D eigenvalue weighted by Crippen LogP contribution is -1.94. The molecule has 0 atom stereocenters. The number of ether oxygens (including phenoxy) is 2.